The standard InChI is InChI=1S/C16H28N2O/c1-16(2)10-6-5-9-15(16)17-12-13(18(3)4)14-8-7-11-19-14/h7-8,11,13,15,17H,5-6,9-10,12H2,1-4H3. The molecule has 0 saturated heterocycles. The lowest BCUT2D eigenvalue weighted by Crippen LogP contribution is -2.46. The average molecular weight is 264 g/mol. The molecule has 1 aliphatic rings. The van der Waals surface area contributed by atoms with Gasteiger partial charge in [0.05, 0.1) is 12.3 Å². The van der Waals surface area contributed by atoms with E-state index in [0.717, 1.165) is 12.3 Å². The van der Waals surface area contributed by atoms with Crippen molar-refractivity contribution >= 4 is 0 Å². The van der Waals surface area contributed by atoms with Crippen LogP contribution < -0.4 is 5.32 Å². The van der Waals surface area contributed by atoms with Crippen molar-refractivity contribution in [1.82, 2.24) is 10.2 Å². The van der Waals surface area contributed by atoms with Crippen molar-refractivity contribution in [3.63, 3.8) is 0 Å². The third-order valence-electron chi connectivity index (χ3n) is 4.56. The number of hydrogen-bond donors (Lipinski definition) is 1. The van der Waals surface area contributed by atoms with Gasteiger partial charge in [0.25, 0.3) is 0 Å². The fraction of sp³-hybridized carbons (Fsp3) is 0.750. The molecule has 108 valence electrons. The summed E-state index contributed by atoms with van der Waals surface area (Å²) < 4.78 is 5.57. The van der Waals surface area contributed by atoms with E-state index in [2.05, 4.69) is 44.2 Å². The van der Waals surface area contributed by atoms with Gasteiger partial charge >= 0.3 is 0 Å². The monoisotopic (exact) mass is 264 g/mol. The highest BCUT2D eigenvalue weighted by atomic mass is 16.3. The van der Waals surface area contributed by atoms with Crippen molar-refractivity contribution in [3.8, 4) is 0 Å². The van der Waals surface area contributed by atoms with Crippen LogP contribution >= 0.6 is 0 Å². The summed E-state index contributed by atoms with van der Waals surface area (Å²) in [5.41, 5.74) is 0.415. The molecule has 3 heteroatoms. The quantitative estimate of drug-likeness (QED) is 0.883. The highest BCUT2D eigenvalue weighted by molar-refractivity contribution is 5.05. The maximum absolute atomic E-state index is 5.57. The largest absolute Gasteiger partial charge is 0.468 e. The van der Waals surface area contributed by atoms with Crippen LogP contribution in [0.1, 0.15) is 51.3 Å². The molecular formula is C16H28N2O. The van der Waals surface area contributed by atoms with Crippen LogP contribution in [0.3, 0.4) is 0 Å². The molecule has 0 radical (unpaired) electrons. The molecule has 1 N–H and O–H groups in total. The molecule has 0 aliphatic heterocycles. The summed E-state index contributed by atoms with van der Waals surface area (Å²) in [5.74, 6) is 1.05. The molecule has 0 spiro atoms. The zero-order valence-electron chi connectivity index (χ0n) is 12.8. The summed E-state index contributed by atoms with van der Waals surface area (Å²) in [7, 11) is 4.22. The van der Waals surface area contributed by atoms with Crippen molar-refractivity contribution in [2.24, 2.45) is 5.41 Å². The zero-order chi connectivity index (χ0) is 13.9. The number of nitrogens with one attached hydrogen (secondary N) is 1. The van der Waals surface area contributed by atoms with E-state index in [1.165, 1.54) is 25.7 Å². The topological polar surface area (TPSA) is 28.4 Å². The minimum absolute atomic E-state index is 0.313. The molecule has 0 aromatic carbocycles. The van der Waals surface area contributed by atoms with Gasteiger partial charge in [-0.25, -0.2) is 0 Å². The Morgan fingerprint density at radius 1 is 1.42 bits per heavy atom. The molecule has 1 fully saturated rings. The van der Waals surface area contributed by atoms with Gasteiger partial charge in [0.15, 0.2) is 0 Å². The van der Waals surface area contributed by atoms with E-state index in [1.54, 1.807) is 6.26 Å². The van der Waals surface area contributed by atoms with Gasteiger partial charge in [0, 0.05) is 12.6 Å². The molecule has 1 aromatic rings. The van der Waals surface area contributed by atoms with E-state index in [-0.39, 0.29) is 0 Å². The van der Waals surface area contributed by atoms with Gasteiger partial charge in [-0.2, -0.15) is 0 Å². The molecule has 1 heterocycles. The first-order valence-corrected chi connectivity index (χ1v) is 7.44. The Morgan fingerprint density at radius 2 is 2.21 bits per heavy atom. The van der Waals surface area contributed by atoms with Gasteiger partial charge in [-0.3, -0.25) is 4.90 Å². The molecule has 19 heavy (non-hydrogen) atoms. The smallest absolute Gasteiger partial charge is 0.122 e. The summed E-state index contributed by atoms with van der Waals surface area (Å²) >= 11 is 0. The first-order valence-electron chi connectivity index (χ1n) is 7.44. The van der Waals surface area contributed by atoms with E-state index in [1.807, 2.05) is 6.07 Å². The number of likely N-dealkylation sites (N-methyl/N-ethyl adjacent to an activating group) is 1. The Morgan fingerprint density at radius 3 is 2.79 bits per heavy atom. The summed E-state index contributed by atoms with van der Waals surface area (Å²) in [6, 6.07) is 4.97. The average Bonchev–Trinajstić information content (AvgIpc) is 2.84. The molecule has 3 nitrogen and oxygen atoms in total. The molecule has 0 bridgehead atoms. The summed E-state index contributed by atoms with van der Waals surface area (Å²) in [5, 5.41) is 3.78. The second-order valence-electron chi connectivity index (χ2n) is 6.69. The van der Waals surface area contributed by atoms with Crippen molar-refractivity contribution in [1.29, 1.82) is 0 Å². The zero-order valence-corrected chi connectivity index (χ0v) is 12.8. The van der Waals surface area contributed by atoms with Crippen LogP contribution in [-0.2, 0) is 0 Å². The Bertz CT molecular complexity index is 370. The highest BCUT2D eigenvalue weighted by Crippen LogP contribution is 2.35. The maximum Gasteiger partial charge on any atom is 0.122 e. The van der Waals surface area contributed by atoms with Crippen LogP contribution in [0.4, 0.5) is 0 Å². The van der Waals surface area contributed by atoms with Gasteiger partial charge in [-0.05, 0) is 44.5 Å². The second-order valence-corrected chi connectivity index (χ2v) is 6.69. The Hall–Kier alpha value is -0.800. The van der Waals surface area contributed by atoms with Crippen molar-refractivity contribution in [2.45, 2.75) is 51.6 Å². The van der Waals surface area contributed by atoms with Crippen LogP contribution in [0.15, 0.2) is 22.8 Å². The fourth-order valence-corrected chi connectivity index (χ4v) is 3.14. The number of rotatable bonds is 5. The molecule has 1 saturated carbocycles. The lowest BCUT2D eigenvalue weighted by atomic mass is 9.73. The summed E-state index contributed by atoms with van der Waals surface area (Å²) in [6.45, 7) is 5.73. The Kier molecular flexibility index (Phi) is 4.69. The number of hydrogen-bond acceptors (Lipinski definition) is 3. The van der Waals surface area contributed by atoms with Crippen LogP contribution in [-0.4, -0.2) is 31.6 Å². The summed E-state index contributed by atoms with van der Waals surface area (Å²) in [6.07, 6.45) is 7.12. The molecular weight excluding hydrogens is 236 g/mol. The lowest BCUT2D eigenvalue weighted by Gasteiger charge is -2.40. The van der Waals surface area contributed by atoms with Gasteiger partial charge < -0.3 is 9.73 Å². The van der Waals surface area contributed by atoms with E-state index in [4.69, 9.17) is 4.42 Å². The Balaban J connectivity index is 1.95. The molecule has 0 amide bonds. The molecule has 1 aliphatic carbocycles. The predicted molar refractivity (Wildman–Crippen MR) is 79.2 cm³/mol. The first-order chi connectivity index (χ1) is 9.00. The first kappa shape index (κ1) is 14.6. The number of furan rings is 1. The van der Waals surface area contributed by atoms with Crippen LogP contribution in [0.25, 0.3) is 0 Å². The Labute approximate surface area is 117 Å². The molecule has 1 aromatic heterocycles. The van der Waals surface area contributed by atoms with Gasteiger partial charge in [0.1, 0.15) is 5.76 Å². The van der Waals surface area contributed by atoms with Crippen LogP contribution in [0, 0.1) is 5.41 Å². The minimum Gasteiger partial charge on any atom is -0.468 e. The van der Waals surface area contributed by atoms with Gasteiger partial charge in [0.2, 0.25) is 0 Å². The third-order valence-corrected chi connectivity index (χ3v) is 4.56. The maximum atomic E-state index is 5.57. The van der Waals surface area contributed by atoms with Gasteiger partial charge in [-0.15, -0.1) is 0 Å². The van der Waals surface area contributed by atoms with Crippen molar-refractivity contribution < 1.29 is 4.42 Å². The van der Waals surface area contributed by atoms with Gasteiger partial charge in [-0.1, -0.05) is 26.7 Å². The van der Waals surface area contributed by atoms with Crippen molar-refractivity contribution in [3.05, 3.63) is 24.2 Å². The minimum atomic E-state index is 0.313. The normalized spacial score (nSPS) is 24.6. The van der Waals surface area contributed by atoms with Crippen LogP contribution in [0.2, 0.25) is 0 Å². The summed E-state index contributed by atoms with van der Waals surface area (Å²) in [4.78, 5) is 2.22. The SMILES string of the molecule is CN(C)C(CNC1CCCCC1(C)C)c1ccco1. The second kappa shape index (κ2) is 6.10. The van der Waals surface area contributed by atoms with Crippen molar-refractivity contribution in [2.75, 3.05) is 20.6 Å². The lowest BCUT2D eigenvalue weighted by molar-refractivity contribution is 0.151. The molecule has 2 unspecified atom stereocenters. The molecule has 2 rings (SSSR count). The van der Waals surface area contributed by atoms with E-state index in [9.17, 15) is 0 Å². The molecule has 2 atom stereocenters. The van der Waals surface area contributed by atoms with E-state index in [0.29, 0.717) is 17.5 Å². The predicted octanol–water partition coefficient (Wildman–Crippen LogP) is 3.44. The van der Waals surface area contributed by atoms with E-state index < -0.39 is 0 Å². The highest BCUT2D eigenvalue weighted by Gasteiger charge is 2.32. The third kappa shape index (κ3) is 3.61. The number of nitrogens with zero attached hydrogens (tertiary/aromatic N) is 1. The van der Waals surface area contributed by atoms with E-state index >= 15 is 0 Å². The fourth-order valence-electron chi connectivity index (χ4n) is 3.14. The van der Waals surface area contributed by atoms with Crippen LogP contribution in [0.5, 0.6) is 0 Å².